The second-order valence-electron chi connectivity index (χ2n) is 16.6. The standard InChI is InChI=1S/C46H87NO7/c1-6-8-10-12-14-15-16-17-18-19-20-21-22-23-24-25-26-27-28-29-31-32-34-36-44(48)53-41-42(40-52-39-38-43(46(50)51)47(3,4)5)54-45(49)37-35-33-30-13-11-9-7-2/h23-24,42-43H,6-22,25-41H2,1-5H3/b24-23+. The van der Waals surface area contributed by atoms with E-state index in [2.05, 4.69) is 26.0 Å². The van der Waals surface area contributed by atoms with Crippen molar-refractivity contribution >= 4 is 17.9 Å². The smallest absolute Gasteiger partial charge is 0.306 e. The van der Waals surface area contributed by atoms with Crippen LogP contribution in [0, 0.1) is 0 Å². The van der Waals surface area contributed by atoms with Gasteiger partial charge in [-0.25, -0.2) is 0 Å². The minimum absolute atomic E-state index is 0.0438. The fourth-order valence-corrected chi connectivity index (χ4v) is 6.83. The highest BCUT2D eigenvalue weighted by Gasteiger charge is 2.25. The molecule has 0 rings (SSSR count). The van der Waals surface area contributed by atoms with E-state index >= 15 is 0 Å². The Hall–Kier alpha value is -1.93. The van der Waals surface area contributed by atoms with Crippen LogP contribution >= 0.6 is 0 Å². The monoisotopic (exact) mass is 766 g/mol. The Bertz CT molecular complexity index is 900. The number of carboxylic acids is 1. The van der Waals surface area contributed by atoms with Crippen LogP contribution < -0.4 is 5.11 Å². The SMILES string of the molecule is CCCCCCCCCCCCCC/C=C/CCCCCCCCCC(=O)OCC(COCCC(C(=O)[O-])[N+](C)(C)C)OC(=O)CCCCCCCCC. The molecule has 0 aromatic rings. The highest BCUT2D eigenvalue weighted by atomic mass is 16.6. The van der Waals surface area contributed by atoms with Crippen LogP contribution in [0.4, 0.5) is 0 Å². The zero-order valence-electron chi connectivity index (χ0n) is 36.2. The Kier molecular flexibility index (Phi) is 36.6. The highest BCUT2D eigenvalue weighted by Crippen LogP contribution is 2.15. The third-order valence-electron chi connectivity index (χ3n) is 10.4. The number of allylic oxidation sites excluding steroid dienone is 2. The molecule has 8 nitrogen and oxygen atoms in total. The summed E-state index contributed by atoms with van der Waals surface area (Å²) in [7, 11) is 5.40. The lowest BCUT2D eigenvalue weighted by molar-refractivity contribution is -0.889. The van der Waals surface area contributed by atoms with Crippen LogP contribution in [0.5, 0.6) is 0 Å². The summed E-state index contributed by atoms with van der Waals surface area (Å²) in [5.41, 5.74) is 0. The molecule has 0 fully saturated rings. The van der Waals surface area contributed by atoms with Gasteiger partial charge in [-0.2, -0.15) is 0 Å². The van der Waals surface area contributed by atoms with E-state index in [0.29, 0.717) is 12.8 Å². The average molecular weight is 766 g/mol. The van der Waals surface area contributed by atoms with E-state index < -0.39 is 18.1 Å². The largest absolute Gasteiger partial charge is 0.544 e. The second-order valence-corrected chi connectivity index (χ2v) is 16.6. The molecule has 318 valence electrons. The second kappa shape index (κ2) is 38.0. The molecule has 0 bridgehead atoms. The first kappa shape index (κ1) is 52.1. The molecule has 54 heavy (non-hydrogen) atoms. The molecule has 0 N–H and O–H groups in total. The van der Waals surface area contributed by atoms with E-state index in [4.69, 9.17) is 14.2 Å². The van der Waals surface area contributed by atoms with E-state index in [0.717, 1.165) is 38.5 Å². The fourth-order valence-electron chi connectivity index (χ4n) is 6.83. The molecular formula is C46H87NO7. The molecule has 0 saturated heterocycles. The van der Waals surface area contributed by atoms with Crippen molar-refractivity contribution in [2.45, 2.75) is 225 Å². The molecule has 0 amide bonds. The van der Waals surface area contributed by atoms with Crippen LogP contribution in [0.2, 0.25) is 0 Å². The number of esters is 2. The third kappa shape index (κ3) is 35.8. The fraction of sp³-hybridized carbons (Fsp3) is 0.891. The van der Waals surface area contributed by atoms with Crippen molar-refractivity contribution in [2.24, 2.45) is 0 Å². The van der Waals surface area contributed by atoms with E-state index in [1.165, 1.54) is 141 Å². The van der Waals surface area contributed by atoms with Crippen LogP contribution in [0.1, 0.15) is 213 Å². The predicted molar refractivity (Wildman–Crippen MR) is 222 cm³/mol. The van der Waals surface area contributed by atoms with Crippen molar-refractivity contribution in [3.63, 3.8) is 0 Å². The summed E-state index contributed by atoms with van der Waals surface area (Å²) < 4.78 is 17.1. The maximum absolute atomic E-state index is 12.6. The van der Waals surface area contributed by atoms with Gasteiger partial charge in [0, 0.05) is 19.3 Å². The topological polar surface area (TPSA) is 102 Å². The molecule has 0 aliphatic carbocycles. The van der Waals surface area contributed by atoms with Gasteiger partial charge < -0.3 is 28.6 Å². The Morgan fingerprint density at radius 1 is 0.537 bits per heavy atom. The maximum Gasteiger partial charge on any atom is 0.306 e. The number of hydrogen-bond donors (Lipinski definition) is 0. The molecule has 8 heteroatoms. The molecule has 0 radical (unpaired) electrons. The quantitative estimate of drug-likeness (QED) is 0.0264. The summed E-state index contributed by atoms with van der Waals surface area (Å²) in [5.74, 6) is -1.74. The molecule has 0 aliphatic heterocycles. The number of nitrogens with zero attached hydrogens (tertiary/aromatic N) is 1. The zero-order valence-corrected chi connectivity index (χ0v) is 36.2. The lowest BCUT2D eigenvalue weighted by Gasteiger charge is -2.34. The summed E-state index contributed by atoms with van der Waals surface area (Å²) >= 11 is 0. The summed E-state index contributed by atoms with van der Waals surface area (Å²) in [6.07, 6.45) is 39.8. The molecule has 0 aromatic carbocycles. The Balaban J connectivity index is 4.07. The number of carbonyl (C=O) groups is 3. The first-order chi connectivity index (χ1) is 26.1. The number of carbonyl (C=O) groups excluding carboxylic acids is 3. The van der Waals surface area contributed by atoms with Crippen LogP contribution in [0.25, 0.3) is 0 Å². The summed E-state index contributed by atoms with van der Waals surface area (Å²) in [5, 5.41) is 11.6. The minimum atomic E-state index is -1.12. The van der Waals surface area contributed by atoms with Crippen LogP contribution in [0.15, 0.2) is 12.2 Å². The van der Waals surface area contributed by atoms with Gasteiger partial charge in [0.1, 0.15) is 12.6 Å². The molecular weight excluding hydrogens is 679 g/mol. The number of hydrogen-bond acceptors (Lipinski definition) is 7. The Morgan fingerprint density at radius 3 is 1.33 bits per heavy atom. The first-order valence-corrected chi connectivity index (χ1v) is 22.7. The van der Waals surface area contributed by atoms with Crippen molar-refractivity contribution in [3.05, 3.63) is 12.2 Å². The lowest BCUT2D eigenvalue weighted by atomic mass is 10.0. The number of rotatable bonds is 41. The van der Waals surface area contributed by atoms with Gasteiger partial charge >= 0.3 is 11.9 Å². The van der Waals surface area contributed by atoms with E-state index in [-0.39, 0.29) is 42.7 Å². The number of quaternary nitrogens is 1. The molecule has 0 aliphatic rings. The van der Waals surface area contributed by atoms with Gasteiger partial charge in [0.05, 0.1) is 40.3 Å². The number of carboxylic acid groups (broad SMARTS) is 1. The summed E-state index contributed by atoms with van der Waals surface area (Å²) in [6.45, 7) is 4.63. The minimum Gasteiger partial charge on any atom is -0.544 e. The molecule has 0 aromatic heterocycles. The number of unbranched alkanes of at least 4 members (excludes halogenated alkanes) is 25. The zero-order chi connectivity index (χ0) is 40.0. The van der Waals surface area contributed by atoms with Crippen molar-refractivity contribution in [1.29, 1.82) is 0 Å². The van der Waals surface area contributed by atoms with Crippen molar-refractivity contribution in [1.82, 2.24) is 0 Å². The molecule has 0 spiro atoms. The van der Waals surface area contributed by atoms with Gasteiger partial charge in [0.2, 0.25) is 0 Å². The number of aliphatic carboxylic acids is 1. The highest BCUT2D eigenvalue weighted by molar-refractivity contribution is 5.70. The third-order valence-corrected chi connectivity index (χ3v) is 10.4. The van der Waals surface area contributed by atoms with Crippen LogP contribution in [-0.2, 0) is 28.6 Å². The van der Waals surface area contributed by atoms with Crippen molar-refractivity contribution in [3.8, 4) is 0 Å². The van der Waals surface area contributed by atoms with Gasteiger partial charge in [-0.05, 0) is 38.5 Å². The van der Waals surface area contributed by atoms with Gasteiger partial charge in [0.15, 0.2) is 6.10 Å². The van der Waals surface area contributed by atoms with E-state index in [1.807, 2.05) is 0 Å². The normalized spacial score (nSPS) is 13.0. The summed E-state index contributed by atoms with van der Waals surface area (Å²) in [4.78, 5) is 36.6. The Labute approximate surface area is 333 Å². The number of ether oxygens (including phenoxy) is 3. The maximum atomic E-state index is 12.6. The predicted octanol–water partition coefficient (Wildman–Crippen LogP) is 11.0. The van der Waals surface area contributed by atoms with Gasteiger partial charge in [0.25, 0.3) is 0 Å². The molecule has 2 atom stereocenters. The lowest BCUT2D eigenvalue weighted by Crippen LogP contribution is -2.55. The van der Waals surface area contributed by atoms with Crippen LogP contribution in [0.3, 0.4) is 0 Å². The van der Waals surface area contributed by atoms with Crippen molar-refractivity contribution in [2.75, 3.05) is 41.0 Å². The first-order valence-electron chi connectivity index (χ1n) is 22.7. The molecule has 2 unspecified atom stereocenters. The van der Waals surface area contributed by atoms with Gasteiger partial charge in [-0.15, -0.1) is 0 Å². The summed E-state index contributed by atoms with van der Waals surface area (Å²) in [6, 6.07) is -0.720. The molecule has 0 saturated carbocycles. The Morgan fingerprint density at radius 2 is 0.926 bits per heavy atom. The molecule has 0 heterocycles. The van der Waals surface area contributed by atoms with Crippen LogP contribution in [-0.4, -0.2) is 75.5 Å². The van der Waals surface area contributed by atoms with Gasteiger partial charge in [-0.1, -0.05) is 167 Å². The number of likely N-dealkylation sites (N-methyl/N-ethyl adjacent to an activating group) is 1. The van der Waals surface area contributed by atoms with E-state index in [1.54, 1.807) is 21.1 Å². The van der Waals surface area contributed by atoms with Crippen molar-refractivity contribution < 1.29 is 38.2 Å². The van der Waals surface area contributed by atoms with E-state index in [9.17, 15) is 19.5 Å². The van der Waals surface area contributed by atoms with Gasteiger partial charge in [-0.3, -0.25) is 9.59 Å². The average Bonchev–Trinajstić information content (AvgIpc) is 3.12.